The highest BCUT2D eigenvalue weighted by Gasteiger charge is 2.25. The van der Waals surface area contributed by atoms with Gasteiger partial charge >= 0.3 is 0 Å². The van der Waals surface area contributed by atoms with E-state index in [0.29, 0.717) is 17.9 Å². The summed E-state index contributed by atoms with van der Waals surface area (Å²) in [5.74, 6) is 1.69. The molecular weight excluding hydrogens is 344 g/mol. The number of carbonyl (C=O) groups excluding carboxylic acids is 1. The number of aliphatic imine (C=N–C) groups is 1. The molecule has 0 aromatic heterocycles. The van der Waals surface area contributed by atoms with Gasteiger partial charge in [0.2, 0.25) is 0 Å². The van der Waals surface area contributed by atoms with Gasteiger partial charge in [0.1, 0.15) is 11.4 Å². The molecule has 0 saturated carbocycles. The van der Waals surface area contributed by atoms with Gasteiger partial charge in [-0.05, 0) is 57.0 Å². The van der Waals surface area contributed by atoms with Gasteiger partial charge in [0.15, 0.2) is 5.17 Å². The van der Waals surface area contributed by atoms with Gasteiger partial charge in [-0.25, -0.2) is 4.99 Å². The number of carbonyl (C=O) groups is 1. The van der Waals surface area contributed by atoms with Gasteiger partial charge in [-0.3, -0.25) is 9.69 Å². The minimum absolute atomic E-state index is 0.00868. The first-order chi connectivity index (χ1) is 12.5. The molecule has 0 atom stereocenters. The number of nitrogens with zero attached hydrogens (tertiary/aromatic N) is 2. The van der Waals surface area contributed by atoms with Crippen molar-refractivity contribution < 1.29 is 9.53 Å². The molecule has 0 radical (unpaired) electrons. The number of methoxy groups -OCH3 is 1. The summed E-state index contributed by atoms with van der Waals surface area (Å²) in [7, 11) is 1.64. The summed E-state index contributed by atoms with van der Waals surface area (Å²) in [5.41, 5.74) is 4.77. The molecule has 0 N–H and O–H groups in total. The van der Waals surface area contributed by atoms with E-state index in [2.05, 4.69) is 6.07 Å². The van der Waals surface area contributed by atoms with E-state index in [1.165, 1.54) is 0 Å². The van der Waals surface area contributed by atoms with Gasteiger partial charge in [0.25, 0.3) is 5.91 Å². The second kappa shape index (κ2) is 7.96. The zero-order valence-electron chi connectivity index (χ0n) is 15.7. The van der Waals surface area contributed by atoms with E-state index in [9.17, 15) is 4.79 Å². The molecule has 1 aliphatic rings. The number of amidine groups is 1. The maximum absolute atomic E-state index is 13.1. The Morgan fingerprint density at radius 1 is 1.08 bits per heavy atom. The zero-order valence-corrected chi connectivity index (χ0v) is 16.5. The van der Waals surface area contributed by atoms with Crippen molar-refractivity contribution >= 4 is 28.5 Å². The number of rotatable bonds is 3. The van der Waals surface area contributed by atoms with Gasteiger partial charge in [0.05, 0.1) is 7.11 Å². The van der Waals surface area contributed by atoms with Crippen LogP contribution in [0.2, 0.25) is 0 Å². The molecule has 136 valence electrons. The van der Waals surface area contributed by atoms with Crippen molar-refractivity contribution in [2.45, 2.75) is 27.2 Å². The summed E-state index contributed by atoms with van der Waals surface area (Å²) in [6.45, 7) is 6.74. The lowest BCUT2D eigenvalue weighted by Gasteiger charge is -2.28. The van der Waals surface area contributed by atoms with Crippen LogP contribution in [0.3, 0.4) is 0 Å². The summed E-state index contributed by atoms with van der Waals surface area (Å²) in [6, 6.07) is 11.9. The second-order valence-electron chi connectivity index (χ2n) is 6.60. The highest BCUT2D eigenvalue weighted by molar-refractivity contribution is 8.13. The average Bonchev–Trinajstić information content (AvgIpc) is 2.61. The number of amides is 1. The monoisotopic (exact) mass is 368 g/mol. The Bertz CT molecular complexity index is 841. The lowest BCUT2D eigenvalue weighted by molar-refractivity contribution is 0.0849. The van der Waals surface area contributed by atoms with Crippen LogP contribution in [-0.2, 0) is 0 Å². The smallest absolute Gasteiger partial charge is 0.259 e. The van der Waals surface area contributed by atoms with Gasteiger partial charge in [-0.2, -0.15) is 0 Å². The van der Waals surface area contributed by atoms with E-state index in [0.717, 1.165) is 39.7 Å². The number of thioether (sulfide) groups is 1. The van der Waals surface area contributed by atoms with Crippen LogP contribution in [0.5, 0.6) is 5.75 Å². The lowest BCUT2D eigenvalue weighted by Crippen LogP contribution is -2.39. The minimum Gasteiger partial charge on any atom is -0.494 e. The molecule has 5 heteroatoms. The largest absolute Gasteiger partial charge is 0.494 e. The van der Waals surface area contributed by atoms with Crippen LogP contribution in [0.15, 0.2) is 41.4 Å². The Morgan fingerprint density at radius 3 is 2.50 bits per heavy atom. The summed E-state index contributed by atoms with van der Waals surface area (Å²) < 4.78 is 5.43. The average molecular weight is 369 g/mol. The molecule has 0 unspecified atom stereocenters. The number of ether oxygens (including phenoxy) is 1. The van der Waals surface area contributed by atoms with Crippen LogP contribution in [0, 0.1) is 20.8 Å². The molecule has 1 aliphatic heterocycles. The summed E-state index contributed by atoms with van der Waals surface area (Å²) >= 11 is 1.62. The van der Waals surface area contributed by atoms with E-state index < -0.39 is 0 Å². The maximum atomic E-state index is 13.1. The molecule has 3 rings (SSSR count). The third-order valence-corrected chi connectivity index (χ3v) is 5.32. The first kappa shape index (κ1) is 18.5. The highest BCUT2D eigenvalue weighted by atomic mass is 32.2. The second-order valence-corrected chi connectivity index (χ2v) is 7.67. The predicted octanol–water partition coefficient (Wildman–Crippen LogP) is 4.89. The Kier molecular flexibility index (Phi) is 5.67. The molecular formula is C21H24N2O2S. The van der Waals surface area contributed by atoms with E-state index in [1.807, 2.05) is 51.1 Å². The third-order valence-electron chi connectivity index (χ3n) is 4.25. The Labute approximate surface area is 159 Å². The van der Waals surface area contributed by atoms with Gasteiger partial charge in [0, 0.05) is 17.9 Å². The fraction of sp³-hybridized carbons (Fsp3) is 0.333. The predicted molar refractivity (Wildman–Crippen MR) is 109 cm³/mol. The molecule has 1 fully saturated rings. The molecule has 0 aliphatic carbocycles. The number of hydrogen-bond acceptors (Lipinski definition) is 4. The molecule has 0 bridgehead atoms. The zero-order chi connectivity index (χ0) is 18.7. The van der Waals surface area contributed by atoms with E-state index >= 15 is 0 Å². The molecule has 2 aromatic rings. The first-order valence-corrected chi connectivity index (χ1v) is 9.73. The first-order valence-electron chi connectivity index (χ1n) is 8.74. The fourth-order valence-corrected chi connectivity index (χ4v) is 4.03. The molecule has 26 heavy (non-hydrogen) atoms. The normalized spacial score (nSPS) is 16.0. The van der Waals surface area contributed by atoms with Crippen LogP contribution < -0.4 is 4.74 Å². The van der Waals surface area contributed by atoms with Crippen molar-refractivity contribution in [2.75, 3.05) is 19.4 Å². The summed E-state index contributed by atoms with van der Waals surface area (Å²) in [5, 5.41) is 0.740. The summed E-state index contributed by atoms with van der Waals surface area (Å²) in [4.78, 5) is 19.7. The van der Waals surface area contributed by atoms with Crippen LogP contribution in [-0.4, -0.2) is 35.4 Å². The Morgan fingerprint density at radius 2 is 1.81 bits per heavy atom. The highest BCUT2D eigenvalue weighted by Crippen LogP contribution is 2.31. The van der Waals surface area contributed by atoms with Gasteiger partial charge < -0.3 is 4.74 Å². The van der Waals surface area contributed by atoms with Crippen molar-refractivity contribution in [1.29, 1.82) is 0 Å². The van der Waals surface area contributed by atoms with Crippen molar-refractivity contribution in [3.8, 4) is 5.75 Å². The molecule has 0 spiro atoms. The van der Waals surface area contributed by atoms with E-state index in [-0.39, 0.29) is 5.91 Å². The van der Waals surface area contributed by atoms with Gasteiger partial charge in [-0.15, -0.1) is 0 Å². The Balaban J connectivity index is 1.98. The number of aryl methyl sites for hydroxylation is 3. The van der Waals surface area contributed by atoms with E-state index in [1.54, 1.807) is 23.8 Å². The van der Waals surface area contributed by atoms with E-state index in [4.69, 9.17) is 9.73 Å². The maximum Gasteiger partial charge on any atom is 0.259 e. The van der Waals surface area contributed by atoms with Crippen LogP contribution >= 0.6 is 11.8 Å². The third kappa shape index (κ3) is 4.10. The topological polar surface area (TPSA) is 41.9 Å². The molecule has 1 heterocycles. The van der Waals surface area contributed by atoms with Gasteiger partial charge in [-0.1, -0.05) is 35.0 Å². The molecule has 1 amide bonds. The number of benzene rings is 2. The van der Waals surface area contributed by atoms with Crippen molar-refractivity contribution in [2.24, 2.45) is 4.99 Å². The van der Waals surface area contributed by atoms with Crippen LogP contribution in [0.1, 0.15) is 33.5 Å². The SMILES string of the molecule is COc1ccc(C)cc1N=C1SCCCN1C(=O)c1cc(C)cc(C)c1. The summed E-state index contributed by atoms with van der Waals surface area (Å²) in [6.07, 6.45) is 0.963. The molecule has 4 nitrogen and oxygen atoms in total. The van der Waals surface area contributed by atoms with Crippen LogP contribution in [0.25, 0.3) is 0 Å². The Hall–Kier alpha value is -2.27. The quantitative estimate of drug-likeness (QED) is 0.775. The minimum atomic E-state index is 0.00868. The van der Waals surface area contributed by atoms with Crippen molar-refractivity contribution in [1.82, 2.24) is 4.90 Å². The van der Waals surface area contributed by atoms with Crippen molar-refractivity contribution in [3.05, 3.63) is 58.7 Å². The number of hydrogen-bond donors (Lipinski definition) is 0. The fourth-order valence-electron chi connectivity index (χ4n) is 3.09. The molecule has 2 aromatic carbocycles. The molecule has 1 saturated heterocycles. The van der Waals surface area contributed by atoms with Crippen molar-refractivity contribution in [3.63, 3.8) is 0 Å². The lowest BCUT2D eigenvalue weighted by atomic mass is 10.1. The standard InChI is InChI=1S/C21H24N2O2S/c1-14-6-7-19(25-4)18(13-14)22-21-23(8-5-9-26-21)20(24)17-11-15(2)10-16(3)12-17/h6-7,10-13H,5,8-9H2,1-4H3. The van der Waals surface area contributed by atoms with Crippen LogP contribution in [0.4, 0.5) is 5.69 Å².